The molecule has 154 valence electrons. The van der Waals surface area contributed by atoms with Crippen LogP contribution in [0, 0.1) is 0 Å². The number of nitrogens with zero attached hydrogens (tertiary/aromatic N) is 3. The molecule has 4 rings (SSSR count). The fourth-order valence-electron chi connectivity index (χ4n) is 3.31. The Balaban J connectivity index is 1.90. The van der Waals surface area contributed by atoms with Crippen LogP contribution in [-0.2, 0) is 13.2 Å². The summed E-state index contributed by atoms with van der Waals surface area (Å²) in [7, 11) is 2.80. The van der Waals surface area contributed by atoms with Gasteiger partial charge < -0.3 is 9.47 Å². The monoisotopic (exact) mass is 413 g/mol. The van der Waals surface area contributed by atoms with Crippen LogP contribution in [0.1, 0.15) is 30.0 Å². The molecule has 2 aromatic heterocycles. The molecule has 1 aliphatic rings. The maximum atomic E-state index is 13.8. The highest BCUT2D eigenvalue weighted by atomic mass is 19.4. The van der Waals surface area contributed by atoms with E-state index in [4.69, 9.17) is 4.74 Å². The van der Waals surface area contributed by atoms with Gasteiger partial charge in [-0.05, 0) is 37.1 Å². The second-order valence-corrected chi connectivity index (χ2v) is 6.78. The first-order chi connectivity index (χ1) is 13.7. The molecule has 0 N–H and O–H groups in total. The zero-order valence-corrected chi connectivity index (χ0v) is 15.4. The van der Waals surface area contributed by atoms with Crippen LogP contribution in [0.25, 0.3) is 22.3 Å². The average Bonchev–Trinajstić information content (AvgIpc) is 3.44. The van der Waals surface area contributed by atoms with E-state index in [0.29, 0.717) is 5.69 Å². The molecule has 0 amide bonds. The summed E-state index contributed by atoms with van der Waals surface area (Å²) in [5, 5.41) is 4.28. The van der Waals surface area contributed by atoms with Gasteiger partial charge in [0.2, 0.25) is 0 Å². The van der Waals surface area contributed by atoms with Crippen molar-refractivity contribution in [3.05, 3.63) is 35.5 Å². The average molecular weight is 413 g/mol. The maximum Gasteiger partial charge on any atom is 0.417 e. The lowest BCUT2D eigenvalue weighted by molar-refractivity contribution is -0.136. The summed E-state index contributed by atoms with van der Waals surface area (Å²) < 4.78 is 77.3. The molecule has 1 fully saturated rings. The van der Waals surface area contributed by atoms with Crippen LogP contribution < -0.4 is 9.47 Å². The third-order valence-electron chi connectivity index (χ3n) is 4.77. The molecule has 10 heteroatoms. The fourth-order valence-corrected chi connectivity index (χ4v) is 3.31. The lowest BCUT2D eigenvalue weighted by Crippen LogP contribution is -2.08. The first kappa shape index (κ1) is 19.4. The predicted molar refractivity (Wildman–Crippen MR) is 94.1 cm³/mol. The van der Waals surface area contributed by atoms with Gasteiger partial charge in [0.25, 0.3) is 0 Å². The van der Waals surface area contributed by atoms with Crippen LogP contribution >= 0.6 is 0 Å². The van der Waals surface area contributed by atoms with Crippen molar-refractivity contribution in [3.63, 3.8) is 0 Å². The van der Waals surface area contributed by atoms with Gasteiger partial charge in [-0.1, -0.05) is 0 Å². The summed E-state index contributed by atoms with van der Waals surface area (Å²) in [5.74, 6) is -0.250. The molecule has 0 radical (unpaired) electrons. The number of ether oxygens (including phenoxy) is 2. The van der Waals surface area contributed by atoms with Gasteiger partial charge in [-0.25, -0.2) is 4.98 Å². The van der Waals surface area contributed by atoms with Crippen molar-refractivity contribution in [1.29, 1.82) is 0 Å². The second-order valence-electron chi connectivity index (χ2n) is 6.78. The summed E-state index contributed by atoms with van der Waals surface area (Å²) >= 11 is 0. The number of hydrogen-bond donors (Lipinski definition) is 0. The van der Waals surface area contributed by atoms with Crippen LogP contribution in [-0.4, -0.2) is 28.5 Å². The molecular formula is C19H16F5N3O2. The van der Waals surface area contributed by atoms with Gasteiger partial charge in [0.15, 0.2) is 17.1 Å². The van der Waals surface area contributed by atoms with Crippen molar-refractivity contribution in [2.24, 2.45) is 7.05 Å². The number of methoxy groups -OCH3 is 1. The van der Waals surface area contributed by atoms with E-state index in [2.05, 4.69) is 14.8 Å². The van der Waals surface area contributed by atoms with Crippen molar-refractivity contribution in [2.45, 2.75) is 31.5 Å². The van der Waals surface area contributed by atoms with Crippen LogP contribution in [0.2, 0.25) is 0 Å². The topological polar surface area (TPSA) is 49.2 Å². The molecule has 3 aromatic rings. The largest absolute Gasteiger partial charge is 0.493 e. The Morgan fingerprint density at radius 3 is 2.45 bits per heavy atom. The molecule has 0 spiro atoms. The standard InChI is InChI=1S/C19H16F5N3O2/c1-27-17-15(16(26-27)9-3-4-9)11(19(22,23)24)8-12(25-17)10-5-6-13(29-18(20)21)14(7-10)28-2/h5-9,18H,3-4H2,1-2H3. The van der Waals surface area contributed by atoms with Crippen molar-refractivity contribution in [2.75, 3.05) is 7.11 Å². The maximum absolute atomic E-state index is 13.8. The van der Waals surface area contributed by atoms with Gasteiger partial charge in [-0.2, -0.15) is 27.1 Å². The van der Waals surface area contributed by atoms with E-state index in [1.54, 1.807) is 7.05 Å². The Kier molecular flexibility index (Phi) is 4.59. The van der Waals surface area contributed by atoms with Crippen molar-refractivity contribution in [1.82, 2.24) is 14.8 Å². The summed E-state index contributed by atoms with van der Waals surface area (Å²) in [6.07, 6.45) is -3.01. The number of aryl methyl sites for hydroxylation is 1. The zero-order valence-electron chi connectivity index (χ0n) is 15.4. The Labute approximate surface area is 162 Å². The normalized spacial score (nSPS) is 14.6. The molecule has 2 heterocycles. The molecule has 0 saturated heterocycles. The number of halogens is 5. The summed E-state index contributed by atoms with van der Waals surface area (Å²) in [6, 6.07) is 4.83. The minimum atomic E-state index is -4.61. The lowest BCUT2D eigenvalue weighted by Gasteiger charge is -2.14. The molecule has 1 aromatic carbocycles. The molecule has 0 aliphatic heterocycles. The highest BCUT2D eigenvalue weighted by Crippen LogP contribution is 2.46. The van der Waals surface area contributed by atoms with Crippen molar-refractivity contribution >= 4 is 11.0 Å². The van der Waals surface area contributed by atoms with E-state index in [1.807, 2.05) is 0 Å². The smallest absolute Gasteiger partial charge is 0.417 e. The molecule has 29 heavy (non-hydrogen) atoms. The van der Waals surface area contributed by atoms with Crippen molar-refractivity contribution < 1.29 is 31.4 Å². The second kappa shape index (κ2) is 6.85. The molecular weight excluding hydrogens is 397 g/mol. The number of rotatable bonds is 5. The van der Waals surface area contributed by atoms with Crippen LogP contribution in [0.3, 0.4) is 0 Å². The van der Waals surface area contributed by atoms with Crippen LogP contribution in [0.5, 0.6) is 11.5 Å². The van der Waals surface area contributed by atoms with E-state index >= 15 is 0 Å². The van der Waals surface area contributed by atoms with E-state index in [9.17, 15) is 22.0 Å². The molecule has 1 aliphatic carbocycles. The van der Waals surface area contributed by atoms with E-state index in [1.165, 1.54) is 30.0 Å². The minimum Gasteiger partial charge on any atom is -0.493 e. The van der Waals surface area contributed by atoms with Gasteiger partial charge in [-0.3, -0.25) is 4.68 Å². The first-order valence-electron chi connectivity index (χ1n) is 8.77. The fraction of sp³-hybridized carbons (Fsp3) is 0.368. The summed E-state index contributed by atoms with van der Waals surface area (Å²) in [5.41, 5.74) is -0.00258. The quantitative estimate of drug-likeness (QED) is 0.544. The van der Waals surface area contributed by atoms with Gasteiger partial charge in [0.1, 0.15) is 0 Å². The number of aromatic nitrogens is 3. The number of benzene rings is 1. The van der Waals surface area contributed by atoms with E-state index < -0.39 is 18.4 Å². The first-order valence-corrected chi connectivity index (χ1v) is 8.77. The minimum absolute atomic E-state index is 0.0101. The molecule has 0 unspecified atom stereocenters. The molecule has 1 saturated carbocycles. The van der Waals surface area contributed by atoms with Crippen LogP contribution in [0.15, 0.2) is 24.3 Å². The van der Waals surface area contributed by atoms with Gasteiger partial charge >= 0.3 is 12.8 Å². The predicted octanol–water partition coefficient (Wildman–Crippen LogP) is 5.14. The van der Waals surface area contributed by atoms with Gasteiger partial charge in [0.05, 0.1) is 29.4 Å². The van der Waals surface area contributed by atoms with Crippen LogP contribution in [0.4, 0.5) is 22.0 Å². The Morgan fingerprint density at radius 2 is 1.86 bits per heavy atom. The van der Waals surface area contributed by atoms with Gasteiger partial charge in [0, 0.05) is 18.5 Å². The number of fused-ring (bicyclic) bond motifs is 1. The summed E-state index contributed by atoms with van der Waals surface area (Å²) in [6.45, 7) is -3.06. The number of alkyl halides is 5. The van der Waals surface area contributed by atoms with E-state index in [-0.39, 0.29) is 39.7 Å². The Hall–Kier alpha value is -2.91. The number of hydrogen-bond acceptors (Lipinski definition) is 4. The zero-order chi connectivity index (χ0) is 20.9. The third kappa shape index (κ3) is 3.58. The molecule has 0 atom stereocenters. The molecule has 0 bridgehead atoms. The highest BCUT2D eigenvalue weighted by Gasteiger charge is 2.39. The SMILES string of the molecule is COc1cc(-c2cc(C(F)(F)F)c3c(C4CC4)nn(C)c3n2)ccc1OC(F)F. The van der Waals surface area contributed by atoms with E-state index in [0.717, 1.165) is 18.9 Å². The van der Waals surface area contributed by atoms with Crippen molar-refractivity contribution in [3.8, 4) is 22.8 Å². The molecule has 5 nitrogen and oxygen atoms in total. The number of pyridine rings is 1. The Bertz CT molecular complexity index is 1070. The highest BCUT2D eigenvalue weighted by molar-refractivity contribution is 5.87. The summed E-state index contributed by atoms with van der Waals surface area (Å²) in [4.78, 5) is 4.37. The van der Waals surface area contributed by atoms with Gasteiger partial charge in [-0.15, -0.1) is 0 Å². The lowest BCUT2D eigenvalue weighted by atomic mass is 10.0. The third-order valence-corrected chi connectivity index (χ3v) is 4.77. The Morgan fingerprint density at radius 1 is 1.14 bits per heavy atom.